The van der Waals surface area contributed by atoms with Crippen LogP contribution in [0, 0.1) is 0 Å². The molecule has 5 heteroatoms. The summed E-state index contributed by atoms with van der Waals surface area (Å²) in [7, 11) is 3.15. The number of fused-ring (bicyclic) bond motifs is 2. The highest BCUT2D eigenvalue weighted by Crippen LogP contribution is 2.38. The van der Waals surface area contributed by atoms with Crippen LogP contribution in [0.15, 0.2) is 65.3 Å². The molecule has 0 atom stereocenters. The first-order valence-electron chi connectivity index (χ1n) is 8.41. The van der Waals surface area contributed by atoms with E-state index in [0.717, 1.165) is 21.9 Å². The van der Waals surface area contributed by atoms with Crippen molar-refractivity contribution in [1.82, 2.24) is 4.98 Å². The number of nitrogens with zero attached hydrogens (tertiary/aromatic N) is 1. The standard InChI is InChI=1S/C22H17NO4/c1-25-20-13-15(21(26-2)16-11-12-27-22(16)20)8-10-19(24)18-9-7-14-5-3-4-6-17(14)23-18/h3-13H,1-2H3/b10-8+. The SMILES string of the molecule is COc1c(/C=C/C(=O)c2ccc3ccccc3n2)cc(OC)c2occc12. The molecule has 2 aromatic heterocycles. The lowest BCUT2D eigenvalue weighted by Crippen LogP contribution is -1.98. The van der Waals surface area contributed by atoms with E-state index in [0.29, 0.717) is 22.8 Å². The molecule has 0 saturated carbocycles. The zero-order chi connectivity index (χ0) is 18.8. The Kier molecular flexibility index (Phi) is 4.34. The van der Waals surface area contributed by atoms with Gasteiger partial charge in [-0.3, -0.25) is 4.79 Å². The first-order chi connectivity index (χ1) is 13.2. The zero-order valence-electron chi connectivity index (χ0n) is 14.9. The number of para-hydroxylation sites is 1. The number of furan rings is 1. The van der Waals surface area contributed by atoms with Crippen LogP contribution in [0.3, 0.4) is 0 Å². The van der Waals surface area contributed by atoms with Crippen LogP contribution in [0.4, 0.5) is 0 Å². The highest BCUT2D eigenvalue weighted by Gasteiger charge is 2.15. The van der Waals surface area contributed by atoms with E-state index in [-0.39, 0.29) is 5.78 Å². The molecular formula is C22H17NO4. The molecule has 0 aliphatic carbocycles. The van der Waals surface area contributed by atoms with Gasteiger partial charge in [0.25, 0.3) is 0 Å². The summed E-state index contributed by atoms with van der Waals surface area (Å²) in [5, 5.41) is 1.78. The van der Waals surface area contributed by atoms with E-state index in [4.69, 9.17) is 13.9 Å². The van der Waals surface area contributed by atoms with Crippen LogP contribution in [0.1, 0.15) is 16.1 Å². The van der Waals surface area contributed by atoms with E-state index in [1.807, 2.05) is 30.3 Å². The van der Waals surface area contributed by atoms with Crippen LogP contribution in [-0.2, 0) is 0 Å². The lowest BCUT2D eigenvalue weighted by atomic mass is 10.1. The second-order valence-electron chi connectivity index (χ2n) is 5.95. The van der Waals surface area contributed by atoms with Gasteiger partial charge in [-0.15, -0.1) is 0 Å². The molecule has 0 N–H and O–H groups in total. The van der Waals surface area contributed by atoms with Crippen molar-refractivity contribution < 1.29 is 18.7 Å². The van der Waals surface area contributed by atoms with Crippen molar-refractivity contribution in [1.29, 1.82) is 0 Å². The van der Waals surface area contributed by atoms with E-state index in [2.05, 4.69) is 4.98 Å². The third-order valence-corrected chi connectivity index (χ3v) is 4.37. The van der Waals surface area contributed by atoms with E-state index in [1.54, 1.807) is 44.8 Å². The fourth-order valence-corrected chi connectivity index (χ4v) is 3.06. The maximum atomic E-state index is 12.6. The molecule has 2 aromatic carbocycles. The van der Waals surface area contributed by atoms with Crippen molar-refractivity contribution in [2.24, 2.45) is 0 Å². The van der Waals surface area contributed by atoms with Gasteiger partial charge in [-0.2, -0.15) is 0 Å². The van der Waals surface area contributed by atoms with Gasteiger partial charge >= 0.3 is 0 Å². The Labute approximate surface area is 155 Å². The minimum Gasteiger partial charge on any atom is -0.495 e. The number of rotatable bonds is 5. The molecule has 4 rings (SSSR count). The summed E-state index contributed by atoms with van der Waals surface area (Å²) in [5.74, 6) is 1.01. The average molecular weight is 359 g/mol. The lowest BCUT2D eigenvalue weighted by molar-refractivity contribution is 0.104. The molecule has 0 saturated heterocycles. The quantitative estimate of drug-likeness (QED) is 0.375. The second kappa shape index (κ2) is 6.96. The zero-order valence-corrected chi connectivity index (χ0v) is 14.9. The van der Waals surface area contributed by atoms with E-state index in [1.165, 1.54) is 6.08 Å². The van der Waals surface area contributed by atoms with Crippen LogP contribution in [-0.4, -0.2) is 25.0 Å². The van der Waals surface area contributed by atoms with Gasteiger partial charge in [0.15, 0.2) is 11.3 Å². The van der Waals surface area contributed by atoms with Crippen LogP contribution < -0.4 is 9.47 Å². The van der Waals surface area contributed by atoms with Crippen LogP contribution >= 0.6 is 0 Å². The maximum Gasteiger partial charge on any atom is 0.204 e. The number of carbonyl (C=O) groups excluding carboxylic acids is 1. The number of ketones is 1. The first-order valence-corrected chi connectivity index (χ1v) is 8.41. The summed E-state index contributed by atoms with van der Waals surface area (Å²) in [4.78, 5) is 17.0. The Morgan fingerprint density at radius 3 is 2.74 bits per heavy atom. The molecule has 0 fully saturated rings. The summed E-state index contributed by atoms with van der Waals surface area (Å²) in [6.45, 7) is 0. The highest BCUT2D eigenvalue weighted by atomic mass is 16.5. The monoisotopic (exact) mass is 359 g/mol. The van der Waals surface area contributed by atoms with E-state index >= 15 is 0 Å². The van der Waals surface area contributed by atoms with Crippen molar-refractivity contribution in [3.8, 4) is 11.5 Å². The molecule has 27 heavy (non-hydrogen) atoms. The molecule has 2 heterocycles. The largest absolute Gasteiger partial charge is 0.495 e. The molecule has 4 aromatic rings. The summed E-state index contributed by atoms with van der Waals surface area (Å²) in [6, 6.07) is 14.9. The van der Waals surface area contributed by atoms with Crippen molar-refractivity contribution in [3.05, 3.63) is 72.1 Å². The van der Waals surface area contributed by atoms with Crippen molar-refractivity contribution in [2.75, 3.05) is 14.2 Å². The van der Waals surface area contributed by atoms with Gasteiger partial charge in [0, 0.05) is 10.9 Å². The van der Waals surface area contributed by atoms with Gasteiger partial charge in [0.2, 0.25) is 5.78 Å². The predicted octanol–water partition coefficient (Wildman–Crippen LogP) is 4.89. The summed E-state index contributed by atoms with van der Waals surface area (Å²) < 4.78 is 16.4. The smallest absolute Gasteiger partial charge is 0.204 e. The topological polar surface area (TPSA) is 61.6 Å². The van der Waals surface area contributed by atoms with Gasteiger partial charge in [-0.25, -0.2) is 4.98 Å². The fraction of sp³-hybridized carbons (Fsp3) is 0.0909. The number of pyridine rings is 1. The van der Waals surface area contributed by atoms with Crippen LogP contribution in [0.5, 0.6) is 11.5 Å². The van der Waals surface area contributed by atoms with Crippen LogP contribution in [0.2, 0.25) is 0 Å². The maximum absolute atomic E-state index is 12.6. The number of ether oxygens (including phenoxy) is 2. The number of aromatic nitrogens is 1. The third-order valence-electron chi connectivity index (χ3n) is 4.37. The molecule has 0 aliphatic rings. The molecule has 0 radical (unpaired) electrons. The van der Waals surface area contributed by atoms with Crippen LogP contribution in [0.25, 0.3) is 27.9 Å². The van der Waals surface area contributed by atoms with Gasteiger partial charge < -0.3 is 13.9 Å². The lowest BCUT2D eigenvalue weighted by Gasteiger charge is -2.09. The minimum atomic E-state index is -0.186. The highest BCUT2D eigenvalue weighted by molar-refractivity contribution is 6.07. The molecule has 5 nitrogen and oxygen atoms in total. The number of hydrogen-bond acceptors (Lipinski definition) is 5. The number of benzene rings is 2. The average Bonchev–Trinajstić information content (AvgIpc) is 3.20. The molecule has 0 amide bonds. The molecule has 0 bridgehead atoms. The van der Waals surface area contributed by atoms with Gasteiger partial charge in [-0.05, 0) is 36.4 Å². The minimum absolute atomic E-state index is 0.186. The number of carbonyl (C=O) groups is 1. The number of hydrogen-bond donors (Lipinski definition) is 0. The normalized spacial score (nSPS) is 11.3. The van der Waals surface area contributed by atoms with E-state index in [9.17, 15) is 4.79 Å². The number of allylic oxidation sites excluding steroid dienone is 1. The molecule has 0 spiro atoms. The van der Waals surface area contributed by atoms with Crippen molar-refractivity contribution in [2.45, 2.75) is 0 Å². The van der Waals surface area contributed by atoms with Gasteiger partial charge in [0.1, 0.15) is 11.4 Å². The molecule has 0 aliphatic heterocycles. The van der Waals surface area contributed by atoms with Crippen molar-refractivity contribution in [3.63, 3.8) is 0 Å². The third kappa shape index (κ3) is 3.04. The Bertz CT molecular complexity index is 1170. The Hall–Kier alpha value is -3.60. The fourth-order valence-electron chi connectivity index (χ4n) is 3.06. The Morgan fingerprint density at radius 1 is 1.07 bits per heavy atom. The number of methoxy groups -OCH3 is 2. The summed E-state index contributed by atoms with van der Waals surface area (Å²) in [6.07, 6.45) is 4.76. The summed E-state index contributed by atoms with van der Waals surface area (Å²) >= 11 is 0. The summed E-state index contributed by atoms with van der Waals surface area (Å²) in [5.41, 5.74) is 2.50. The first kappa shape index (κ1) is 16.8. The van der Waals surface area contributed by atoms with E-state index < -0.39 is 0 Å². The molecule has 0 unspecified atom stereocenters. The van der Waals surface area contributed by atoms with Crippen molar-refractivity contribution >= 4 is 33.7 Å². The second-order valence-corrected chi connectivity index (χ2v) is 5.95. The molecular weight excluding hydrogens is 342 g/mol. The Balaban J connectivity index is 1.71. The van der Waals surface area contributed by atoms with Gasteiger partial charge in [-0.1, -0.05) is 24.3 Å². The Morgan fingerprint density at radius 2 is 1.93 bits per heavy atom. The molecule has 134 valence electrons. The predicted molar refractivity (Wildman–Crippen MR) is 104 cm³/mol. The van der Waals surface area contributed by atoms with Gasteiger partial charge in [0.05, 0.1) is 31.4 Å².